The molecule has 2 N–H and O–H groups in total. The smallest absolute Gasteiger partial charge is 0.253 e. The van der Waals surface area contributed by atoms with Crippen LogP contribution in [0.4, 0.5) is 5.69 Å². The maximum Gasteiger partial charge on any atom is 0.253 e. The number of benzene rings is 2. The van der Waals surface area contributed by atoms with Gasteiger partial charge in [0, 0.05) is 32.2 Å². The van der Waals surface area contributed by atoms with E-state index in [4.69, 9.17) is 0 Å². The fourth-order valence-corrected chi connectivity index (χ4v) is 5.83. The fraction of sp³-hybridized carbons (Fsp3) is 0.417. The molecule has 2 aliphatic rings. The van der Waals surface area contributed by atoms with Crippen molar-refractivity contribution in [3.8, 4) is 0 Å². The Labute approximate surface area is 195 Å². The third kappa shape index (κ3) is 5.79. The van der Waals surface area contributed by atoms with Gasteiger partial charge in [0.15, 0.2) is 0 Å². The van der Waals surface area contributed by atoms with Crippen molar-refractivity contribution in [2.75, 3.05) is 38.0 Å². The second kappa shape index (κ2) is 10.5. The van der Waals surface area contributed by atoms with Crippen LogP contribution in [0.1, 0.15) is 36.0 Å². The summed E-state index contributed by atoms with van der Waals surface area (Å²) < 4.78 is 27.0. The summed E-state index contributed by atoms with van der Waals surface area (Å²) in [6.45, 7) is 1.71. The van der Waals surface area contributed by atoms with Gasteiger partial charge in [0.25, 0.3) is 5.91 Å². The van der Waals surface area contributed by atoms with Crippen molar-refractivity contribution in [1.29, 1.82) is 0 Å². The average Bonchev–Trinajstić information content (AvgIpc) is 3.33. The van der Waals surface area contributed by atoms with Crippen LogP contribution in [-0.2, 0) is 14.8 Å². The first kappa shape index (κ1) is 23.4. The van der Waals surface area contributed by atoms with Crippen LogP contribution in [0.25, 0.3) is 0 Å². The topological polar surface area (TPSA) is 98.8 Å². The summed E-state index contributed by atoms with van der Waals surface area (Å²) in [7, 11) is -3.53. The Kier molecular flexibility index (Phi) is 7.42. The van der Waals surface area contributed by atoms with Gasteiger partial charge in [-0.05, 0) is 37.1 Å². The van der Waals surface area contributed by atoms with Crippen molar-refractivity contribution in [2.45, 2.75) is 36.6 Å². The van der Waals surface area contributed by atoms with E-state index in [2.05, 4.69) is 10.6 Å². The predicted molar refractivity (Wildman–Crippen MR) is 126 cm³/mol. The molecule has 9 heteroatoms. The minimum Gasteiger partial charge on any atom is -0.349 e. The highest BCUT2D eigenvalue weighted by molar-refractivity contribution is 7.89. The van der Waals surface area contributed by atoms with Crippen molar-refractivity contribution >= 4 is 27.5 Å². The maximum atomic E-state index is 12.8. The van der Waals surface area contributed by atoms with E-state index in [0.29, 0.717) is 37.4 Å². The highest BCUT2D eigenvalue weighted by Crippen LogP contribution is 2.21. The summed E-state index contributed by atoms with van der Waals surface area (Å²) in [6, 6.07) is 15.6. The first-order valence-corrected chi connectivity index (χ1v) is 12.8. The molecule has 0 spiro atoms. The van der Waals surface area contributed by atoms with Gasteiger partial charge in [-0.15, -0.1) is 0 Å². The lowest BCUT2D eigenvalue weighted by Crippen LogP contribution is -2.50. The number of carbonyl (C=O) groups excluding carboxylic acids is 2. The molecule has 0 unspecified atom stereocenters. The second-order valence-corrected chi connectivity index (χ2v) is 10.5. The van der Waals surface area contributed by atoms with E-state index < -0.39 is 10.0 Å². The van der Waals surface area contributed by atoms with Gasteiger partial charge in [0.1, 0.15) is 0 Å². The number of amides is 2. The number of nitrogens with one attached hydrogen (secondary N) is 2. The van der Waals surface area contributed by atoms with E-state index in [9.17, 15) is 18.0 Å². The van der Waals surface area contributed by atoms with Crippen molar-refractivity contribution in [1.82, 2.24) is 14.5 Å². The molecule has 1 aliphatic heterocycles. The van der Waals surface area contributed by atoms with Gasteiger partial charge in [-0.3, -0.25) is 14.5 Å². The van der Waals surface area contributed by atoms with Crippen LogP contribution in [-0.4, -0.2) is 68.2 Å². The van der Waals surface area contributed by atoms with E-state index >= 15 is 0 Å². The molecule has 2 fully saturated rings. The lowest BCUT2D eigenvalue weighted by Gasteiger charge is -2.33. The molecule has 1 aliphatic carbocycles. The molecule has 1 saturated heterocycles. The molecule has 2 aromatic carbocycles. The number of hydrogen-bond acceptors (Lipinski definition) is 5. The molecule has 0 radical (unpaired) electrons. The number of sulfonamides is 1. The van der Waals surface area contributed by atoms with Gasteiger partial charge in [-0.1, -0.05) is 43.2 Å². The van der Waals surface area contributed by atoms with Gasteiger partial charge in [-0.2, -0.15) is 4.31 Å². The van der Waals surface area contributed by atoms with Crippen molar-refractivity contribution in [3.05, 3.63) is 60.2 Å². The third-order valence-electron chi connectivity index (χ3n) is 6.22. The summed E-state index contributed by atoms with van der Waals surface area (Å²) in [5.41, 5.74) is 0.944. The predicted octanol–water partition coefficient (Wildman–Crippen LogP) is 2.30. The molecule has 0 atom stereocenters. The normalized spacial score (nSPS) is 18.2. The molecule has 0 aromatic heterocycles. The monoisotopic (exact) mass is 470 g/mol. The van der Waals surface area contributed by atoms with Gasteiger partial charge in [-0.25, -0.2) is 8.42 Å². The first-order chi connectivity index (χ1) is 15.9. The van der Waals surface area contributed by atoms with E-state index in [1.165, 1.54) is 4.31 Å². The lowest BCUT2D eigenvalue weighted by molar-refractivity contribution is -0.117. The third-order valence-corrected chi connectivity index (χ3v) is 8.13. The Morgan fingerprint density at radius 3 is 2.21 bits per heavy atom. The largest absolute Gasteiger partial charge is 0.349 e. The number of piperazine rings is 1. The van der Waals surface area contributed by atoms with Gasteiger partial charge in [0.2, 0.25) is 15.9 Å². The number of anilines is 1. The zero-order chi connectivity index (χ0) is 23.3. The summed E-state index contributed by atoms with van der Waals surface area (Å²) >= 11 is 0. The van der Waals surface area contributed by atoms with E-state index in [0.717, 1.165) is 25.7 Å². The molecule has 1 saturated carbocycles. The van der Waals surface area contributed by atoms with E-state index in [-0.39, 0.29) is 29.3 Å². The molecule has 4 rings (SSSR count). The van der Waals surface area contributed by atoms with Crippen LogP contribution < -0.4 is 10.6 Å². The highest BCUT2D eigenvalue weighted by atomic mass is 32.2. The Bertz CT molecular complexity index is 1080. The molecule has 0 bridgehead atoms. The van der Waals surface area contributed by atoms with Crippen molar-refractivity contribution in [2.24, 2.45) is 0 Å². The minimum absolute atomic E-state index is 0.137. The number of rotatable bonds is 7. The summed E-state index contributed by atoms with van der Waals surface area (Å²) in [5, 5.41) is 5.92. The average molecular weight is 471 g/mol. The number of hydrogen-bond donors (Lipinski definition) is 2. The van der Waals surface area contributed by atoms with Crippen molar-refractivity contribution < 1.29 is 18.0 Å². The van der Waals surface area contributed by atoms with Gasteiger partial charge in [0.05, 0.1) is 22.7 Å². The zero-order valence-corrected chi connectivity index (χ0v) is 19.4. The summed E-state index contributed by atoms with van der Waals surface area (Å²) in [4.78, 5) is 27.6. The van der Waals surface area contributed by atoms with Crippen LogP contribution in [0.5, 0.6) is 0 Å². The second-order valence-electron chi connectivity index (χ2n) is 8.54. The summed E-state index contributed by atoms with van der Waals surface area (Å²) in [5.74, 6) is -0.395. The Balaban J connectivity index is 1.31. The van der Waals surface area contributed by atoms with Crippen LogP contribution in [0.2, 0.25) is 0 Å². The molecule has 176 valence electrons. The highest BCUT2D eigenvalue weighted by Gasteiger charge is 2.29. The van der Waals surface area contributed by atoms with Crippen LogP contribution in [0.15, 0.2) is 59.5 Å². The molecule has 2 aromatic rings. The molecule has 2 amide bonds. The zero-order valence-electron chi connectivity index (χ0n) is 18.6. The van der Waals surface area contributed by atoms with Crippen LogP contribution in [0.3, 0.4) is 0 Å². The Morgan fingerprint density at radius 1 is 0.879 bits per heavy atom. The number of para-hydroxylation sites is 1. The van der Waals surface area contributed by atoms with Gasteiger partial charge >= 0.3 is 0 Å². The Hall–Kier alpha value is -2.75. The first-order valence-electron chi connectivity index (χ1n) is 11.4. The van der Waals surface area contributed by atoms with E-state index in [1.54, 1.807) is 54.6 Å². The lowest BCUT2D eigenvalue weighted by atomic mass is 10.1. The minimum atomic E-state index is -3.53. The molecular weight excluding hydrogens is 440 g/mol. The number of nitrogens with zero attached hydrogens (tertiary/aromatic N) is 2. The van der Waals surface area contributed by atoms with Crippen molar-refractivity contribution in [3.63, 3.8) is 0 Å². The molecule has 1 heterocycles. The maximum absolute atomic E-state index is 12.8. The number of carbonyl (C=O) groups is 2. The fourth-order valence-electron chi connectivity index (χ4n) is 4.39. The molecular formula is C24H30N4O4S. The quantitative estimate of drug-likeness (QED) is 0.647. The molecule has 8 nitrogen and oxygen atoms in total. The SMILES string of the molecule is O=C(CN1CCN(S(=O)(=O)c2ccccc2)CC1)Nc1ccccc1C(=O)NC1CCCC1. The van der Waals surface area contributed by atoms with Crippen LogP contribution in [0, 0.1) is 0 Å². The summed E-state index contributed by atoms with van der Waals surface area (Å²) in [6.07, 6.45) is 4.24. The Morgan fingerprint density at radius 2 is 1.52 bits per heavy atom. The van der Waals surface area contributed by atoms with E-state index in [1.807, 2.05) is 4.90 Å². The van der Waals surface area contributed by atoms with Crippen LogP contribution >= 0.6 is 0 Å². The van der Waals surface area contributed by atoms with Gasteiger partial charge < -0.3 is 10.6 Å². The standard InChI is InChI=1S/C24H30N4O4S/c29-23(26-22-13-7-6-12-21(22)24(30)25-19-8-4-5-9-19)18-27-14-16-28(17-15-27)33(31,32)20-10-2-1-3-11-20/h1-3,6-7,10-13,19H,4-5,8-9,14-18H2,(H,25,30)(H,26,29). The molecule has 33 heavy (non-hydrogen) atoms.